The number of hydrogen-bond acceptors (Lipinski definition) is 6. The summed E-state index contributed by atoms with van der Waals surface area (Å²) >= 11 is 0.878. The van der Waals surface area contributed by atoms with Crippen molar-refractivity contribution in [2.45, 2.75) is 31.6 Å². The zero-order valence-electron chi connectivity index (χ0n) is 15.0. The largest absolute Gasteiger partial charge is 0.449 e. The third-order valence-electron chi connectivity index (χ3n) is 4.64. The Bertz CT molecular complexity index is 1100. The molecule has 0 bridgehead atoms. The Balaban J connectivity index is 1.56. The molecule has 1 aliphatic rings. The van der Waals surface area contributed by atoms with Gasteiger partial charge >= 0.3 is 6.18 Å². The number of alkyl halides is 3. The Morgan fingerprint density at radius 1 is 1.28 bits per heavy atom. The number of benzene rings is 1. The highest BCUT2D eigenvalue weighted by molar-refractivity contribution is 7.21. The van der Waals surface area contributed by atoms with Crippen molar-refractivity contribution >= 4 is 32.7 Å². The number of carbonyl (C=O) groups is 1. The van der Waals surface area contributed by atoms with E-state index in [1.54, 1.807) is 9.88 Å². The number of thiazole rings is 1. The van der Waals surface area contributed by atoms with Crippen molar-refractivity contribution in [1.29, 1.82) is 0 Å². The number of carbonyl (C=O) groups excluding carboxylic acids is 1. The first-order chi connectivity index (χ1) is 13.8. The second-order valence-corrected chi connectivity index (χ2v) is 7.57. The highest BCUT2D eigenvalue weighted by atomic mass is 32.1. The highest BCUT2D eigenvalue weighted by Crippen LogP contribution is 2.33. The smallest absolute Gasteiger partial charge is 0.350 e. The lowest BCUT2D eigenvalue weighted by Crippen LogP contribution is -2.43. The fraction of sp³-hybridized carbons (Fsp3) is 0.333. The topological polar surface area (TPSA) is 91.0 Å². The maximum absolute atomic E-state index is 12.9. The molecule has 1 atom stereocenters. The van der Waals surface area contributed by atoms with Gasteiger partial charge in [-0.2, -0.15) is 13.2 Å². The first-order valence-electron chi connectivity index (χ1n) is 8.89. The third kappa shape index (κ3) is 3.95. The zero-order valence-corrected chi connectivity index (χ0v) is 15.8. The molecule has 29 heavy (non-hydrogen) atoms. The molecular formula is C18H16F3N5O2S. The van der Waals surface area contributed by atoms with E-state index in [4.69, 9.17) is 0 Å². The minimum atomic E-state index is -4.76. The minimum absolute atomic E-state index is 0.105. The van der Waals surface area contributed by atoms with Crippen molar-refractivity contribution in [2.75, 3.05) is 11.4 Å². The monoisotopic (exact) mass is 423 g/mol. The molecule has 1 aliphatic heterocycles. The van der Waals surface area contributed by atoms with Crippen LogP contribution in [0.1, 0.15) is 24.2 Å². The van der Waals surface area contributed by atoms with Gasteiger partial charge in [0.1, 0.15) is 6.04 Å². The minimum Gasteiger partial charge on any atom is -0.350 e. The molecule has 0 aliphatic carbocycles. The van der Waals surface area contributed by atoms with Gasteiger partial charge in [0.15, 0.2) is 15.5 Å². The van der Waals surface area contributed by atoms with E-state index in [0.29, 0.717) is 24.6 Å². The molecule has 1 unspecified atom stereocenters. The van der Waals surface area contributed by atoms with E-state index in [0.717, 1.165) is 23.3 Å². The molecule has 3 heterocycles. The van der Waals surface area contributed by atoms with Crippen LogP contribution in [0.2, 0.25) is 0 Å². The summed E-state index contributed by atoms with van der Waals surface area (Å²) in [5, 5.41) is 3.19. The summed E-state index contributed by atoms with van der Waals surface area (Å²) in [7, 11) is 0. The summed E-state index contributed by atoms with van der Waals surface area (Å²) in [6.07, 6.45) is -3.43. The van der Waals surface area contributed by atoms with Gasteiger partial charge in [0.05, 0.1) is 0 Å². The van der Waals surface area contributed by atoms with E-state index in [1.165, 1.54) is 0 Å². The lowest BCUT2D eigenvalue weighted by atomic mass is 10.2. The first-order valence-corrected chi connectivity index (χ1v) is 9.71. The molecule has 1 fully saturated rings. The molecule has 2 N–H and O–H groups in total. The maximum Gasteiger partial charge on any atom is 0.449 e. The number of rotatable bonds is 4. The number of nitrogens with zero attached hydrogens (tertiary/aromatic N) is 3. The maximum atomic E-state index is 12.9. The normalized spacial score (nSPS) is 17.1. The number of amides is 1. The van der Waals surface area contributed by atoms with Crippen molar-refractivity contribution in [3.63, 3.8) is 0 Å². The Morgan fingerprint density at radius 2 is 2.03 bits per heavy atom. The molecule has 1 saturated heterocycles. The van der Waals surface area contributed by atoms with Crippen LogP contribution < -0.4 is 15.8 Å². The second kappa shape index (κ2) is 7.47. The van der Waals surface area contributed by atoms with E-state index < -0.39 is 23.6 Å². The Labute approximate surface area is 166 Å². The van der Waals surface area contributed by atoms with Crippen LogP contribution in [0.25, 0.3) is 10.3 Å². The molecule has 1 aromatic carbocycles. The average Bonchev–Trinajstić information content (AvgIpc) is 3.33. The number of hydrogen-bond donors (Lipinski definition) is 2. The molecule has 1 amide bonds. The second-order valence-electron chi connectivity index (χ2n) is 6.62. The standard InChI is InChI=1S/C18H16F3N5O2S/c19-18(20,21)16-24-14(28)12-15(25-16)29-17(23-12)26-8-4-7-11(26)13(27)22-9-10-5-2-1-3-6-10/h1-3,5-6,11H,4,7-9H2,(H,22,27)(H,24,25,28). The summed E-state index contributed by atoms with van der Waals surface area (Å²) in [6, 6.07) is 8.94. The summed E-state index contributed by atoms with van der Waals surface area (Å²) < 4.78 is 38.7. The first kappa shape index (κ1) is 19.4. The number of aromatic amines is 1. The molecule has 3 aromatic rings. The highest BCUT2D eigenvalue weighted by Gasteiger charge is 2.36. The predicted molar refractivity (Wildman–Crippen MR) is 102 cm³/mol. The van der Waals surface area contributed by atoms with Gasteiger partial charge in [-0.15, -0.1) is 0 Å². The van der Waals surface area contributed by atoms with Crippen molar-refractivity contribution in [1.82, 2.24) is 20.3 Å². The Morgan fingerprint density at radius 3 is 2.76 bits per heavy atom. The van der Waals surface area contributed by atoms with E-state index in [2.05, 4.69) is 15.3 Å². The number of fused-ring (bicyclic) bond motifs is 1. The average molecular weight is 423 g/mol. The molecular weight excluding hydrogens is 407 g/mol. The van der Waals surface area contributed by atoms with Gasteiger partial charge in [0, 0.05) is 13.1 Å². The van der Waals surface area contributed by atoms with Crippen LogP contribution in [0.15, 0.2) is 35.1 Å². The molecule has 0 radical (unpaired) electrons. The number of halogens is 3. The van der Waals surface area contributed by atoms with Crippen LogP contribution in [0, 0.1) is 0 Å². The number of anilines is 1. The van der Waals surface area contributed by atoms with Crippen LogP contribution in [0.4, 0.5) is 18.3 Å². The fourth-order valence-corrected chi connectivity index (χ4v) is 4.27. The summed E-state index contributed by atoms with van der Waals surface area (Å²) in [5.74, 6) is -1.55. The van der Waals surface area contributed by atoms with Crippen molar-refractivity contribution in [3.05, 3.63) is 52.1 Å². The van der Waals surface area contributed by atoms with E-state index >= 15 is 0 Å². The van der Waals surface area contributed by atoms with Gasteiger partial charge < -0.3 is 15.2 Å². The summed E-state index contributed by atoms with van der Waals surface area (Å²) in [5.41, 5.74) is -0.150. The van der Waals surface area contributed by atoms with Crippen LogP contribution in [-0.2, 0) is 17.5 Å². The molecule has 11 heteroatoms. The molecule has 2 aromatic heterocycles. The summed E-state index contributed by atoms with van der Waals surface area (Å²) in [6.45, 7) is 0.896. The van der Waals surface area contributed by atoms with Crippen LogP contribution in [0.5, 0.6) is 0 Å². The molecule has 0 spiro atoms. The van der Waals surface area contributed by atoms with Crippen LogP contribution >= 0.6 is 11.3 Å². The number of aromatic nitrogens is 3. The van der Waals surface area contributed by atoms with Gasteiger partial charge in [-0.05, 0) is 18.4 Å². The molecule has 4 rings (SSSR count). The predicted octanol–water partition coefficient (Wildman–Crippen LogP) is 2.68. The molecule has 152 valence electrons. The zero-order chi connectivity index (χ0) is 20.6. The Hall–Kier alpha value is -2.95. The van der Waals surface area contributed by atoms with Crippen LogP contribution in [-0.4, -0.2) is 33.4 Å². The van der Waals surface area contributed by atoms with E-state index in [1.807, 2.05) is 30.3 Å². The molecule has 0 saturated carbocycles. The van der Waals surface area contributed by atoms with Crippen molar-refractivity contribution < 1.29 is 18.0 Å². The van der Waals surface area contributed by atoms with E-state index in [-0.39, 0.29) is 16.3 Å². The SMILES string of the molecule is O=C(NCc1ccccc1)C1CCCN1c1nc2c(=O)[nH]c(C(F)(F)F)nc2s1. The Kier molecular flexibility index (Phi) is 4.99. The lowest BCUT2D eigenvalue weighted by Gasteiger charge is -2.23. The number of H-pyrrole nitrogens is 1. The van der Waals surface area contributed by atoms with Gasteiger partial charge in [-0.1, -0.05) is 41.7 Å². The lowest BCUT2D eigenvalue weighted by molar-refractivity contribution is -0.144. The van der Waals surface area contributed by atoms with Crippen molar-refractivity contribution in [2.24, 2.45) is 0 Å². The third-order valence-corrected chi connectivity index (χ3v) is 5.62. The van der Waals surface area contributed by atoms with Crippen LogP contribution in [0.3, 0.4) is 0 Å². The van der Waals surface area contributed by atoms with Gasteiger partial charge in [0.25, 0.3) is 5.56 Å². The fourth-order valence-electron chi connectivity index (χ4n) is 3.25. The van der Waals surface area contributed by atoms with E-state index in [9.17, 15) is 22.8 Å². The van der Waals surface area contributed by atoms with Gasteiger partial charge in [0.2, 0.25) is 11.7 Å². The number of nitrogens with one attached hydrogen (secondary N) is 2. The van der Waals surface area contributed by atoms with Gasteiger partial charge in [-0.25, -0.2) is 9.97 Å². The van der Waals surface area contributed by atoms with Crippen molar-refractivity contribution in [3.8, 4) is 0 Å². The molecule has 7 nitrogen and oxygen atoms in total. The quantitative estimate of drug-likeness (QED) is 0.673. The summed E-state index contributed by atoms with van der Waals surface area (Å²) in [4.78, 5) is 35.7. The van der Waals surface area contributed by atoms with Gasteiger partial charge in [-0.3, -0.25) is 9.59 Å².